The number of hydrogen-bond acceptors (Lipinski definition) is 5. The van der Waals surface area contributed by atoms with E-state index in [1.54, 1.807) is 27.4 Å². The third-order valence-corrected chi connectivity index (χ3v) is 2.61. The lowest BCUT2D eigenvalue weighted by Crippen LogP contribution is -2.28. The van der Waals surface area contributed by atoms with Crippen molar-refractivity contribution in [2.45, 2.75) is 6.17 Å². The van der Waals surface area contributed by atoms with Gasteiger partial charge < -0.3 is 19.9 Å². The Morgan fingerprint density at radius 1 is 0.941 bits per heavy atom. The predicted molar refractivity (Wildman–Crippen MR) is 66.7 cm³/mol. The van der Waals surface area contributed by atoms with Gasteiger partial charge in [-0.1, -0.05) is 0 Å². The SMILES string of the molecule is COc1cc(OC)c(C(N)N(C)C)cc1OC. The number of rotatable bonds is 5. The number of ether oxygens (including phenoxy) is 3. The van der Waals surface area contributed by atoms with Crippen LogP contribution in [0.4, 0.5) is 0 Å². The van der Waals surface area contributed by atoms with Gasteiger partial charge in [-0.25, -0.2) is 0 Å². The summed E-state index contributed by atoms with van der Waals surface area (Å²) in [5.41, 5.74) is 6.94. The van der Waals surface area contributed by atoms with E-state index in [1.165, 1.54) is 0 Å². The van der Waals surface area contributed by atoms with E-state index in [4.69, 9.17) is 19.9 Å². The van der Waals surface area contributed by atoms with Gasteiger partial charge in [0.05, 0.1) is 27.5 Å². The minimum Gasteiger partial charge on any atom is -0.496 e. The molecule has 0 aliphatic heterocycles. The summed E-state index contributed by atoms with van der Waals surface area (Å²) in [4.78, 5) is 1.89. The van der Waals surface area contributed by atoms with Crippen LogP contribution in [0.3, 0.4) is 0 Å². The van der Waals surface area contributed by atoms with Gasteiger partial charge in [0.25, 0.3) is 0 Å². The average Bonchev–Trinajstić information content (AvgIpc) is 2.35. The van der Waals surface area contributed by atoms with E-state index in [2.05, 4.69) is 0 Å². The molecular weight excluding hydrogens is 220 g/mol. The molecule has 96 valence electrons. The number of methoxy groups -OCH3 is 3. The van der Waals surface area contributed by atoms with E-state index in [0.717, 1.165) is 5.56 Å². The Labute approximate surface area is 102 Å². The first kappa shape index (κ1) is 13.6. The van der Waals surface area contributed by atoms with E-state index >= 15 is 0 Å². The van der Waals surface area contributed by atoms with Gasteiger partial charge in [-0.3, -0.25) is 4.90 Å². The van der Waals surface area contributed by atoms with Gasteiger partial charge in [-0.2, -0.15) is 0 Å². The van der Waals surface area contributed by atoms with Crippen molar-refractivity contribution in [2.75, 3.05) is 35.4 Å². The second-order valence-corrected chi connectivity index (χ2v) is 3.86. The van der Waals surface area contributed by atoms with Gasteiger partial charge in [0, 0.05) is 11.6 Å². The van der Waals surface area contributed by atoms with Crippen LogP contribution in [0.1, 0.15) is 11.7 Å². The Balaban J connectivity index is 3.28. The zero-order valence-electron chi connectivity index (χ0n) is 11.0. The zero-order chi connectivity index (χ0) is 13.0. The summed E-state index contributed by atoms with van der Waals surface area (Å²) in [6.07, 6.45) is -0.259. The molecule has 0 heterocycles. The van der Waals surface area contributed by atoms with Crippen molar-refractivity contribution in [3.8, 4) is 17.2 Å². The Morgan fingerprint density at radius 2 is 1.41 bits per heavy atom. The first-order chi connectivity index (χ1) is 8.04. The van der Waals surface area contributed by atoms with E-state index in [0.29, 0.717) is 17.2 Å². The van der Waals surface area contributed by atoms with Gasteiger partial charge in [0.15, 0.2) is 11.5 Å². The summed E-state index contributed by atoms with van der Waals surface area (Å²) in [6.45, 7) is 0. The van der Waals surface area contributed by atoms with Crippen molar-refractivity contribution in [1.29, 1.82) is 0 Å². The van der Waals surface area contributed by atoms with Crippen molar-refractivity contribution in [3.63, 3.8) is 0 Å². The molecule has 0 aromatic heterocycles. The minimum atomic E-state index is -0.259. The highest BCUT2D eigenvalue weighted by atomic mass is 16.5. The quantitative estimate of drug-likeness (QED) is 0.784. The fraction of sp³-hybridized carbons (Fsp3) is 0.500. The van der Waals surface area contributed by atoms with Gasteiger partial charge >= 0.3 is 0 Å². The van der Waals surface area contributed by atoms with Crippen molar-refractivity contribution < 1.29 is 14.2 Å². The standard InChI is InChI=1S/C12H20N2O3/c1-14(2)12(13)8-6-10(16-4)11(17-5)7-9(8)15-3/h6-7,12H,13H2,1-5H3. The molecule has 1 rings (SSSR count). The smallest absolute Gasteiger partial charge is 0.164 e. The molecule has 0 spiro atoms. The maximum absolute atomic E-state index is 6.08. The van der Waals surface area contributed by atoms with Gasteiger partial charge in [-0.15, -0.1) is 0 Å². The second kappa shape index (κ2) is 5.75. The van der Waals surface area contributed by atoms with E-state index in [-0.39, 0.29) is 6.17 Å². The number of benzene rings is 1. The van der Waals surface area contributed by atoms with E-state index in [9.17, 15) is 0 Å². The molecule has 0 fully saturated rings. The topological polar surface area (TPSA) is 57.0 Å². The van der Waals surface area contributed by atoms with E-state index in [1.807, 2.05) is 25.1 Å². The maximum atomic E-state index is 6.08. The lowest BCUT2D eigenvalue weighted by atomic mass is 10.1. The Morgan fingerprint density at radius 3 is 1.82 bits per heavy atom. The molecule has 5 heteroatoms. The van der Waals surface area contributed by atoms with Crippen LogP contribution in [0.5, 0.6) is 17.2 Å². The summed E-state index contributed by atoms with van der Waals surface area (Å²) in [5.74, 6) is 1.95. The average molecular weight is 240 g/mol. The zero-order valence-corrected chi connectivity index (χ0v) is 11.0. The fourth-order valence-corrected chi connectivity index (χ4v) is 1.56. The molecule has 2 N–H and O–H groups in total. The summed E-state index contributed by atoms with van der Waals surface area (Å²) in [7, 11) is 8.59. The molecule has 1 aromatic carbocycles. The van der Waals surface area contributed by atoms with Crippen LogP contribution >= 0.6 is 0 Å². The number of nitrogens with zero attached hydrogens (tertiary/aromatic N) is 1. The molecule has 0 saturated heterocycles. The monoisotopic (exact) mass is 240 g/mol. The van der Waals surface area contributed by atoms with Gasteiger partial charge in [-0.05, 0) is 20.2 Å². The van der Waals surface area contributed by atoms with Crippen LogP contribution in [0.15, 0.2) is 12.1 Å². The Kier molecular flexibility index (Phi) is 4.60. The predicted octanol–water partition coefficient (Wildman–Crippen LogP) is 1.23. The van der Waals surface area contributed by atoms with Gasteiger partial charge in [0.1, 0.15) is 5.75 Å². The first-order valence-corrected chi connectivity index (χ1v) is 5.27. The van der Waals surface area contributed by atoms with Gasteiger partial charge in [0.2, 0.25) is 0 Å². The molecular formula is C12H20N2O3. The largest absolute Gasteiger partial charge is 0.496 e. The summed E-state index contributed by atoms with van der Waals surface area (Å²) < 4.78 is 15.8. The summed E-state index contributed by atoms with van der Waals surface area (Å²) >= 11 is 0. The summed E-state index contributed by atoms with van der Waals surface area (Å²) in [5, 5.41) is 0. The van der Waals surface area contributed by atoms with Crippen LogP contribution in [0, 0.1) is 0 Å². The molecule has 1 unspecified atom stereocenters. The highest BCUT2D eigenvalue weighted by Gasteiger charge is 2.18. The van der Waals surface area contributed by atoms with Crippen LogP contribution in [0.25, 0.3) is 0 Å². The lowest BCUT2D eigenvalue weighted by molar-refractivity contribution is 0.291. The molecule has 1 aromatic rings. The lowest BCUT2D eigenvalue weighted by Gasteiger charge is -2.23. The van der Waals surface area contributed by atoms with Crippen molar-refractivity contribution in [3.05, 3.63) is 17.7 Å². The molecule has 1 atom stereocenters. The fourth-order valence-electron chi connectivity index (χ4n) is 1.56. The normalized spacial score (nSPS) is 12.4. The molecule has 0 radical (unpaired) electrons. The van der Waals surface area contributed by atoms with E-state index < -0.39 is 0 Å². The van der Waals surface area contributed by atoms with Crippen LogP contribution in [-0.2, 0) is 0 Å². The van der Waals surface area contributed by atoms with Crippen LogP contribution in [-0.4, -0.2) is 40.3 Å². The number of nitrogens with two attached hydrogens (primary N) is 1. The Hall–Kier alpha value is -1.46. The second-order valence-electron chi connectivity index (χ2n) is 3.86. The van der Waals surface area contributed by atoms with Crippen molar-refractivity contribution >= 4 is 0 Å². The maximum Gasteiger partial charge on any atom is 0.164 e. The Bertz CT molecular complexity index is 380. The number of hydrogen-bond donors (Lipinski definition) is 1. The molecule has 0 saturated carbocycles. The summed E-state index contributed by atoms with van der Waals surface area (Å²) in [6, 6.07) is 3.61. The third kappa shape index (κ3) is 2.81. The molecule has 17 heavy (non-hydrogen) atoms. The molecule has 0 bridgehead atoms. The van der Waals surface area contributed by atoms with Crippen LogP contribution in [0.2, 0.25) is 0 Å². The molecule has 0 aliphatic rings. The highest BCUT2D eigenvalue weighted by molar-refractivity contribution is 5.51. The third-order valence-electron chi connectivity index (χ3n) is 2.61. The van der Waals surface area contributed by atoms with Crippen molar-refractivity contribution in [2.24, 2.45) is 5.73 Å². The molecule has 0 aliphatic carbocycles. The van der Waals surface area contributed by atoms with Crippen LogP contribution < -0.4 is 19.9 Å². The highest BCUT2D eigenvalue weighted by Crippen LogP contribution is 2.37. The minimum absolute atomic E-state index is 0.259. The van der Waals surface area contributed by atoms with Crippen molar-refractivity contribution in [1.82, 2.24) is 4.90 Å². The molecule has 5 nitrogen and oxygen atoms in total. The molecule has 0 amide bonds. The first-order valence-electron chi connectivity index (χ1n) is 5.27.